The molecule has 0 aliphatic carbocycles. The molecule has 8 heteroatoms. The molecule has 2 amide bonds. The van der Waals surface area contributed by atoms with Crippen LogP contribution in [-0.2, 0) is 19.4 Å². The van der Waals surface area contributed by atoms with E-state index in [9.17, 15) is 18.0 Å². The van der Waals surface area contributed by atoms with Gasteiger partial charge in [0, 0.05) is 19.5 Å². The summed E-state index contributed by atoms with van der Waals surface area (Å²) in [4.78, 5) is 22.1. The fourth-order valence-electron chi connectivity index (χ4n) is 2.07. The Morgan fingerprint density at radius 1 is 0.875 bits per heavy atom. The van der Waals surface area contributed by atoms with Gasteiger partial charge < -0.3 is 16.4 Å². The Morgan fingerprint density at radius 3 is 1.92 bits per heavy atom. The van der Waals surface area contributed by atoms with Crippen LogP contribution in [0, 0.1) is 0 Å². The standard InChI is InChI=1S/C16H17N3O4S/c1-10(20)18-12-3-5-13(6-4-12)24(22,23)14-7-8-16(15(17)9-14)19-11(2)21/h3-9H,17H2,1-2H3,(H,18,20)(H,19,21). The molecule has 2 aromatic carbocycles. The summed E-state index contributed by atoms with van der Waals surface area (Å²) in [5.74, 6) is -0.544. The molecule has 0 bridgehead atoms. The van der Waals surface area contributed by atoms with Crippen molar-refractivity contribution in [1.82, 2.24) is 0 Å². The first-order valence-corrected chi connectivity index (χ1v) is 8.48. The third-order valence-electron chi connectivity index (χ3n) is 3.13. The molecule has 4 N–H and O–H groups in total. The van der Waals surface area contributed by atoms with Gasteiger partial charge >= 0.3 is 0 Å². The Labute approximate surface area is 139 Å². The van der Waals surface area contributed by atoms with E-state index in [0.717, 1.165) is 0 Å². The molecule has 0 atom stereocenters. The second-order valence-electron chi connectivity index (χ2n) is 5.14. The normalized spacial score (nSPS) is 10.9. The topological polar surface area (TPSA) is 118 Å². The van der Waals surface area contributed by atoms with Crippen molar-refractivity contribution in [3.63, 3.8) is 0 Å². The number of sulfone groups is 1. The smallest absolute Gasteiger partial charge is 0.221 e. The molecule has 2 aromatic rings. The van der Waals surface area contributed by atoms with Crippen molar-refractivity contribution in [2.45, 2.75) is 23.6 Å². The van der Waals surface area contributed by atoms with Crippen LogP contribution in [0.25, 0.3) is 0 Å². The van der Waals surface area contributed by atoms with Gasteiger partial charge in [-0.3, -0.25) is 9.59 Å². The van der Waals surface area contributed by atoms with Gasteiger partial charge in [-0.25, -0.2) is 8.42 Å². The number of carbonyl (C=O) groups is 2. The van der Waals surface area contributed by atoms with Crippen molar-refractivity contribution >= 4 is 38.7 Å². The zero-order valence-corrected chi connectivity index (χ0v) is 14.0. The lowest BCUT2D eigenvalue weighted by atomic mass is 10.2. The van der Waals surface area contributed by atoms with Crippen molar-refractivity contribution < 1.29 is 18.0 Å². The van der Waals surface area contributed by atoms with Crippen LogP contribution in [0.4, 0.5) is 17.1 Å². The number of rotatable bonds is 4. The van der Waals surface area contributed by atoms with Crippen molar-refractivity contribution in [3.05, 3.63) is 42.5 Å². The van der Waals surface area contributed by atoms with Crippen molar-refractivity contribution in [1.29, 1.82) is 0 Å². The number of carbonyl (C=O) groups excluding carboxylic acids is 2. The number of nitrogens with one attached hydrogen (secondary N) is 2. The van der Waals surface area contributed by atoms with E-state index >= 15 is 0 Å². The summed E-state index contributed by atoms with van der Waals surface area (Å²) < 4.78 is 25.2. The third-order valence-corrected chi connectivity index (χ3v) is 4.90. The van der Waals surface area contributed by atoms with E-state index in [4.69, 9.17) is 5.73 Å². The number of hydrogen-bond acceptors (Lipinski definition) is 5. The van der Waals surface area contributed by atoms with Crippen molar-refractivity contribution in [2.75, 3.05) is 16.4 Å². The number of nitrogens with two attached hydrogens (primary N) is 1. The maximum absolute atomic E-state index is 12.6. The Balaban J connectivity index is 2.34. The molecule has 0 unspecified atom stereocenters. The molecule has 24 heavy (non-hydrogen) atoms. The number of amides is 2. The molecule has 0 fully saturated rings. The number of anilines is 3. The van der Waals surface area contributed by atoms with Gasteiger partial charge in [0.2, 0.25) is 21.7 Å². The SMILES string of the molecule is CC(=O)Nc1ccc(S(=O)(=O)c2ccc(NC(C)=O)c(N)c2)cc1. The molecule has 0 saturated heterocycles. The molecule has 7 nitrogen and oxygen atoms in total. The molecule has 2 rings (SSSR count). The molecule has 126 valence electrons. The zero-order valence-electron chi connectivity index (χ0n) is 13.2. The predicted molar refractivity (Wildman–Crippen MR) is 91.4 cm³/mol. The summed E-state index contributed by atoms with van der Waals surface area (Å²) in [5.41, 5.74) is 6.80. The Morgan fingerprint density at radius 2 is 1.42 bits per heavy atom. The summed E-state index contributed by atoms with van der Waals surface area (Å²) in [6.45, 7) is 2.70. The third kappa shape index (κ3) is 3.90. The first-order valence-electron chi connectivity index (χ1n) is 7.00. The van der Waals surface area contributed by atoms with E-state index in [2.05, 4.69) is 10.6 Å². The maximum atomic E-state index is 12.6. The quantitative estimate of drug-likeness (QED) is 0.731. The van der Waals surface area contributed by atoms with Crippen LogP contribution < -0.4 is 16.4 Å². The Kier molecular flexibility index (Phi) is 4.89. The summed E-state index contributed by atoms with van der Waals surface area (Å²) in [6, 6.07) is 9.92. The van der Waals surface area contributed by atoms with E-state index in [1.807, 2.05) is 0 Å². The first-order chi connectivity index (χ1) is 11.2. The van der Waals surface area contributed by atoms with Crippen molar-refractivity contribution in [2.24, 2.45) is 0 Å². The maximum Gasteiger partial charge on any atom is 0.221 e. The molecule has 0 spiro atoms. The Bertz CT molecular complexity index is 890. The highest BCUT2D eigenvalue weighted by Gasteiger charge is 2.19. The number of nitrogen functional groups attached to an aromatic ring is 1. The molecular weight excluding hydrogens is 330 g/mol. The van der Waals surface area contributed by atoms with Crippen LogP contribution in [0.3, 0.4) is 0 Å². The average Bonchev–Trinajstić information content (AvgIpc) is 2.48. The first kappa shape index (κ1) is 17.5. The largest absolute Gasteiger partial charge is 0.397 e. The van der Waals surface area contributed by atoms with Crippen LogP contribution in [0.1, 0.15) is 13.8 Å². The van der Waals surface area contributed by atoms with Crippen LogP contribution >= 0.6 is 0 Å². The minimum absolute atomic E-state index is 0.0152. The van der Waals surface area contributed by atoms with E-state index in [-0.39, 0.29) is 27.3 Å². The molecule has 0 heterocycles. The minimum Gasteiger partial charge on any atom is -0.397 e. The summed E-state index contributed by atoms with van der Waals surface area (Å²) in [5, 5.41) is 5.08. The van der Waals surface area contributed by atoms with Gasteiger partial charge in [0.1, 0.15) is 0 Å². The molecule has 0 saturated carbocycles. The van der Waals surface area contributed by atoms with Gasteiger partial charge in [0.25, 0.3) is 0 Å². The summed E-state index contributed by atoms with van der Waals surface area (Å²) in [7, 11) is -3.76. The average molecular weight is 347 g/mol. The van der Waals surface area contributed by atoms with Gasteiger partial charge in [-0.05, 0) is 42.5 Å². The second-order valence-corrected chi connectivity index (χ2v) is 7.09. The zero-order chi connectivity index (χ0) is 17.9. The van der Waals surface area contributed by atoms with E-state index < -0.39 is 9.84 Å². The fourth-order valence-corrected chi connectivity index (χ4v) is 3.36. The fraction of sp³-hybridized carbons (Fsp3) is 0.125. The van der Waals surface area contributed by atoms with Crippen LogP contribution in [-0.4, -0.2) is 20.2 Å². The van der Waals surface area contributed by atoms with Gasteiger partial charge in [0.05, 0.1) is 21.2 Å². The lowest BCUT2D eigenvalue weighted by Gasteiger charge is -2.10. The van der Waals surface area contributed by atoms with Crippen LogP contribution in [0.5, 0.6) is 0 Å². The highest BCUT2D eigenvalue weighted by molar-refractivity contribution is 7.91. The van der Waals surface area contributed by atoms with Gasteiger partial charge in [-0.1, -0.05) is 0 Å². The highest BCUT2D eigenvalue weighted by atomic mass is 32.2. The van der Waals surface area contributed by atoms with Gasteiger partial charge in [0.15, 0.2) is 0 Å². The van der Waals surface area contributed by atoms with Crippen molar-refractivity contribution in [3.8, 4) is 0 Å². The molecule has 0 radical (unpaired) electrons. The number of hydrogen-bond donors (Lipinski definition) is 3. The van der Waals surface area contributed by atoms with Crippen LogP contribution in [0.2, 0.25) is 0 Å². The summed E-state index contributed by atoms with van der Waals surface area (Å²) in [6.07, 6.45) is 0. The minimum atomic E-state index is -3.76. The lowest BCUT2D eigenvalue weighted by molar-refractivity contribution is -0.115. The van der Waals surface area contributed by atoms with Gasteiger partial charge in [-0.2, -0.15) is 0 Å². The second kappa shape index (κ2) is 6.71. The predicted octanol–water partition coefficient (Wildman–Crippen LogP) is 2.02. The van der Waals surface area contributed by atoms with E-state index in [0.29, 0.717) is 11.4 Å². The number of benzene rings is 2. The monoisotopic (exact) mass is 347 g/mol. The lowest BCUT2D eigenvalue weighted by Crippen LogP contribution is -2.09. The summed E-state index contributed by atoms with van der Waals surface area (Å²) >= 11 is 0. The molecular formula is C16H17N3O4S. The van der Waals surface area contributed by atoms with E-state index in [1.54, 1.807) is 0 Å². The molecule has 0 aromatic heterocycles. The highest BCUT2D eigenvalue weighted by Crippen LogP contribution is 2.27. The van der Waals surface area contributed by atoms with Crippen LogP contribution in [0.15, 0.2) is 52.3 Å². The molecule has 0 aliphatic rings. The van der Waals surface area contributed by atoms with E-state index in [1.165, 1.54) is 56.3 Å². The molecule has 0 aliphatic heterocycles. The Hall–Kier alpha value is -2.87. The van der Waals surface area contributed by atoms with Gasteiger partial charge in [-0.15, -0.1) is 0 Å².